The van der Waals surface area contributed by atoms with Gasteiger partial charge in [-0.2, -0.15) is 0 Å². The third-order valence-corrected chi connectivity index (χ3v) is 4.36. The highest BCUT2D eigenvalue weighted by atomic mass is 79.9. The monoisotopic (exact) mass is 411 g/mol. The molecule has 0 unspecified atom stereocenters. The summed E-state index contributed by atoms with van der Waals surface area (Å²) >= 11 is 12.8. The van der Waals surface area contributed by atoms with Gasteiger partial charge in [-0.3, -0.25) is 4.79 Å². The molecule has 0 saturated carbocycles. The van der Waals surface area contributed by atoms with E-state index in [0.29, 0.717) is 16.1 Å². The minimum absolute atomic E-state index is 0.0636. The van der Waals surface area contributed by atoms with Gasteiger partial charge in [-0.1, -0.05) is 49.5 Å². The lowest BCUT2D eigenvalue weighted by molar-refractivity contribution is 0.104. The molecule has 0 amide bonds. The van der Waals surface area contributed by atoms with Gasteiger partial charge in [0.2, 0.25) is 0 Å². The zero-order valence-corrected chi connectivity index (χ0v) is 14.0. The second-order valence-corrected chi connectivity index (χ2v) is 6.56. The maximum atomic E-state index is 12.7. The third kappa shape index (κ3) is 2.43. The van der Waals surface area contributed by atoms with E-state index in [1.54, 1.807) is 24.4 Å². The van der Waals surface area contributed by atoms with Crippen molar-refractivity contribution in [2.45, 2.75) is 0 Å². The molecular formula is C15H8Br2ClNO. The normalized spacial score (nSPS) is 10.9. The van der Waals surface area contributed by atoms with Gasteiger partial charge in [0.25, 0.3) is 0 Å². The fourth-order valence-electron chi connectivity index (χ4n) is 2.16. The Balaban J connectivity index is 2.18. The van der Waals surface area contributed by atoms with Crippen molar-refractivity contribution in [2.75, 3.05) is 0 Å². The Morgan fingerprint density at radius 2 is 1.95 bits per heavy atom. The number of halogens is 3. The number of carbonyl (C=O) groups is 1. The molecule has 0 aliphatic rings. The van der Waals surface area contributed by atoms with Crippen molar-refractivity contribution in [3.63, 3.8) is 0 Å². The first-order chi connectivity index (χ1) is 9.56. The lowest BCUT2D eigenvalue weighted by atomic mass is 10.0. The molecule has 0 aliphatic heterocycles. The van der Waals surface area contributed by atoms with E-state index in [1.165, 1.54) is 0 Å². The number of aromatic nitrogens is 1. The highest BCUT2D eigenvalue weighted by Crippen LogP contribution is 2.29. The van der Waals surface area contributed by atoms with Crippen molar-refractivity contribution in [1.29, 1.82) is 0 Å². The van der Waals surface area contributed by atoms with E-state index in [2.05, 4.69) is 36.8 Å². The first-order valence-electron chi connectivity index (χ1n) is 5.82. The minimum atomic E-state index is -0.0636. The molecule has 5 heteroatoms. The Kier molecular flexibility index (Phi) is 3.71. The molecule has 1 aromatic heterocycles. The van der Waals surface area contributed by atoms with Crippen LogP contribution >= 0.6 is 43.5 Å². The van der Waals surface area contributed by atoms with Crippen LogP contribution in [0.5, 0.6) is 0 Å². The Morgan fingerprint density at radius 3 is 2.70 bits per heavy atom. The summed E-state index contributed by atoms with van der Waals surface area (Å²) in [5.41, 5.74) is 2.10. The predicted octanol–water partition coefficient (Wildman–Crippen LogP) is 5.58. The van der Waals surface area contributed by atoms with Gasteiger partial charge in [-0.25, -0.2) is 0 Å². The van der Waals surface area contributed by atoms with Crippen molar-refractivity contribution in [2.24, 2.45) is 0 Å². The van der Waals surface area contributed by atoms with Crippen molar-refractivity contribution in [3.05, 3.63) is 67.7 Å². The summed E-state index contributed by atoms with van der Waals surface area (Å²) in [6.45, 7) is 0. The average Bonchev–Trinajstić information content (AvgIpc) is 2.82. The fraction of sp³-hybridized carbons (Fsp3) is 0. The molecule has 3 rings (SSSR count). The molecule has 0 fully saturated rings. The third-order valence-electron chi connectivity index (χ3n) is 3.02. The van der Waals surface area contributed by atoms with Crippen LogP contribution in [0.4, 0.5) is 0 Å². The van der Waals surface area contributed by atoms with Crippen LogP contribution in [0.25, 0.3) is 10.9 Å². The molecule has 0 radical (unpaired) electrons. The van der Waals surface area contributed by atoms with Gasteiger partial charge < -0.3 is 4.98 Å². The molecule has 0 saturated heterocycles. The van der Waals surface area contributed by atoms with E-state index < -0.39 is 0 Å². The Hall–Kier alpha value is -1.10. The zero-order chi connectivity index (χ0) is 14.3. The number of hydrogen-bond donors (Lipinski definition) is 1. The van der Waals surface area contributed by atoms with E-state index in [1.807, 2.05) is 18.2 Å². The summed E-state index contributed by atoms with van der Waals surface area (Å²) in [6, 6.07) is 11.0. The van der Waals surface area contributed by atoms with Crippen molar-refractivity contribution < 1.29 is 4.79 Å². The Morgan fingerprint density at radius 1 is 1.15 bits per heavy atom. The Labute approximate surface area is 137 Å². The van der Waals surface area contributed by atoms with Crippen LogP contribution in [-0.4, -0.2) is 10.8 Å². The lowest BCUT2D eigenvalue weighted by Gasteiger charge is -2.03. The molecule has 2 aromatic carbocycles. The SMILES string of the molecule is O=C(c1cc(Cl)cc(Br)c1)c1c[nH]c2cccc(Br)c12. The quantitative estimate of drug-likeness (QED) is 0.547. The van der Waals surface area contributed by atoms with Crippen LogP contribution < -0.4 is 0 Å². The summed E-state index contributed by atoms with van der Waals surface area (Å²) in [5, 5.41) is 1.41. The van der Waals surface area contributed by atoms with Crippen LogP contribution in [-0.2, 0) is 0 Å². The molecule has 2 nitrogen and oxygen atoms in total. The molecule has 1 N–H and O–H groups in total. The van der Waals surface area contributed by atoms with Gasteiger partial charge in [0.1, 0.15) is 0 Å². The van der Waals surface area contributed by atoms with Gasteiger partial charge in [0.05, 0.1) is 0 Å². The van der Waals surface area contributed by atoms with Crippen molar-refractivity contribution in [3.8, 4) is 0 Å². The summed E-state index contributed by atoms with van der Waals surface area (Å²) in [6.07, 6.45) is 1.73. The maximum Gasteiger partial charge on any atom is 0.195 e. The van der Waals surface area contributed by atoms with Crippen LogP contribution in [0.1, 0.15) is 15.9 Å². The van der Waals surface area contributed by atoms with E-state index in [0.717, 1.165) is 19.8 Å². The average molecular weight is 413 g/mol. The van der Waals surface area contributed by atoms with Gasteiger partial charge in [-0.15, -0.1) is 0 Å². The number of benzene rings is 2. The first kappa shape index (κ1) is 13.9. The van der Waals surface area contributed by atoms with E-state index in [4.69, 9.17) is 11.6 Å². The second kappa shape index (κ2) is 5.35. The van der Waals surface area contributed by atoms with Gasteiger partial charge in [0.15, 0.2) is 5.78 Å². The van der Waals surface area contributed by atoms with Gasteiger partial charge in [-0.05, 0) is 30.3 Å². The standard InChI is InChI=1S/C15H8Br2ClNO/c16-9-4-8(5-10(18)6-9)15(20)11-7-19-13-3-1-2-12(17)14(11)13/h1-7,19H. The van der Waals surface area contributed by atoms with Crippen LogP contribution in [0.15, 0.2) is 51.5 Å². The summed E-state index contributed by atoms with van der Waals surface area (Å²) in [4.78, 5) is 15.8. The van der Waals surface area contributed by atoms with E-state index in [-0.39, 0.29) is 5.78 Å². The Bertz CT molecular complexity index is 806. The van der Waals surface area contributed by atoms with E-state index >= 15 is 0 Å². The fourth-order valence-corrected chi connectivity index (χ4v) is 3.60. The second-order valence-electron chi connectivity index (χ2n) is 4.35. The zero-order valence-electron chi connectivity index (χ0n) is 10.1. The van der Waals surface area contributed by atoms with Crippen LogP contribution in [0, 0.1) is 0 Å². The molecule has 0 bridgehead atoms. The number of rotatable bonds is 2. The largest absolute Gasteiger partial charge is 0.360 e. The molecule has 3 aromatic rings. The molecule has 1 heterocycles. The number of carbonyl (C=O) groups excluding carboxylic acids is 1. The summed E-state index contributed by atoms with van der Waals surface area (Å²) in [7, 11) is 0. The van der Waals surface area contributed by atoms with Gasteiger partial charge >= 0.3 is 0 Å². The van der Waals surface area contributed by atoms with Crippen LogP contribution in [0.3, 0.4) is 0 Å². The number of H-pyrrole nitrogens is 1. The number of ketones is 1. The number of fused-ring (bicyclic) bond motifs is 1. The highest BCUT2D eigenvalue weighted by Gasteiger charge is 2.16. The lowest BCUT2D eigenvalue weighted by Crippen LogP contribution is -2.00. The highest BCUT2D eigenvalue weighted by molar-refractivity contribution is 9.11. The number of hydrogen-bond acceptors (Lipinski definition) is 1. The number of aromatic amines is 1. The predicted molar refractivity (Wildman–Crippen MR) is 88.6 cm³/mol. The summed E-state index contributed by atoms with van der Waals surface area (Å²) < 4.78 is 1.67. The smallest absolute Gasteiger partial charge is 0.195 e. The molecule has 0 aliphatic carbocycles. The summed E-state index contributed by atoms with van der Waals surface area (Å²) in [5.74, 6) is -0.0636. The number of nitrogens with one attached hydrogen (secondary N) is 1. The molecule has 0 spiro atoms. The van der Waals surface area contributed by atoms with Crippen LogP contribution in [0.2, 0.25) is 5.02 Å². The topological polar surface area (TPSA) is 32.9 Å². The van der Waals surface area contributed by atoms with Crippen molar-refractivity contribution in [1.82, 2.24) is 4.98 Å². The maximum absolute atomic E-state index is 12.7. The minimum Gasteiger partial charge on any atom is -0.360 e. The van der Waals surface area contributed by atoms with E-state index in [9.17, 15) is 4.79 Å². The molecule has 0 atom stereocenters. The molecule has 20 heavy (non-hydrogen) atoms. The first-order valence-corrected chi connectivity index (χ1v) is 7.79. The molecule has 100 valence electrons. The van der Waals surface area contributed by atoms with Crippen molar-refractivity contribution >= 4 is 60.1 Å². The van der Waals surface area contributed by atoms with Gasteiger partial charge in [0, 0.05) is 42.2 Å². The molecular weight excluding hydrogens is 405 g/mol.